The van der Waals surface area contributed by atoms with Gasteiger partial charge >= 0.3 is 0 Å². The molecule has 1 N–H and O–H groups in total. The van der Waals surface area contributed by atoms with Crippen LogP contribution < -0.4 is 5.32 Å². The van der Waals surface area contributed by atoms with E-state index in [4.69, 9.17) is 0 Å². The molecule has 1 aliphatic heterocycles. The standard InChI is InChI=1S/C17H22N2/c1-19-10-8-17(9-11-19)18-13-14-6-7-15-4-2-3-5-16(15)12-14/h2-7,12,17-18H,8-11,13H2,1H3. The number of nitrogens with one attached hydrogen (secondary N) is 1. The third kappa shape index (κ3) is 3.14. The van der Waals surface area contributed by atoms with Crippen LogP contribution in [0.25, 0.3) is 10.8 Å². The van der Waals surface area contributed by atoms with Crippen molar-refractivity contribution in [3.8, 4) is 0 Å². The lowest BCUT2D eigenvalue weighted by molar-refractivity contribution is 0.234. The summed E-state index contributed by atoms with van der Waals surface area (Å²) in [5, 5.41) is 6.36. The Morgan fingerprint density at radius 3 is 2.58 bits per heavy atom. The summed E-state index contributed by atoms with van der Waals surface area (Å²) < 4.78 is 0. The molecule has 0 saturated carbocycles. The van der Waals surface area contributed by atoms with E-state index < -0.39 is 0 Å². The fourth-order valence-electron chi connectivity index (χ4n) is 2.82. The number of likely N-dealkylation sites (tertiary alicyclic amines) is 1. The van der Waals surface area contributed by atoms with Crippen LogP contribution in [-0.4, -0.2) is 31.1 Å². The van der Waals surface area contributed by atoms with Crippen molar-refractivity contribution in [1.82, 2.24) is 10.2 Å². The number of piperidine rings is 1. The molecule has 2 nitrogen and oxygen atoms in total. The van der Waals surface area contributed by atoms with Gasteiger partial charge in [-0.15, -0.1) is 0 Å². The zero-order valence-corrected chi connectivity index (χ0v) is 11.6. The van der Waals surface area contributed by atoms with Crippen molar-refractivity contribution in [3.63, 3.8) is 0 Å². The van der Waals surface area contributed by atoms with Crippen LogP contribution in [0.2, 0.25) is 0 Å². The summed E-state index contributed by atoms with van der Waals surface area (Å²) in [5.41, 5.74) is 1.39. The number of benzene rings is 2. The minimum atomic E-state index is 0.683. The molecule has 2 aromatic carbocycles. The van der Waals surface area contributed by atoms with E-state index in [0.29, 0.717) is 6.04 Å². The van der Waals surface area contributed by atoms with Crippen LogP contribution in [-0.2, 0) is 6.54 Å². The van der Waals surface area contributed by atoms with E-state index in [1.54, 1.807) is 0 Å². The van der Waals surface area contributed by atoms with Gasteiger partial charge in [-0.05, 0) is 55.4 Å². The first-order valence-electron chi connectivity index (χ1n) is 7.21. The molecule has 0 unspecified atom stereocenters. The van der Waals surface area contributed by atoms with Gasteiger partial charge in [-0.3, -0.25) is 0 Å². The summed E-state index contributed by atoms with van der Waals surface area (Å²) in [6, 6.07) is 16.0. The van der Waals surface area contributed by atoms with Crippen molar-refractivity contribution in [1.29, 1.82) is 0 Å². The maximum Gasteiger partial charge on any atom is 0.0208 e. The van der Waals surface area contributed by atoms with Crippen molar-refractivity contribution < 1.29 is 0 Å². The van der Waals surface area contributed by atoms with E-state index in [0.717, 1.165) is 6.54 Å². The van der Waals surface area contributed by atoms with Gasteiger partial charge in [-0.2, -0.15) is 0 Å². The second-order valence-electron chi connectivity index (χ2n) is 5.64. The van der Waals surface area contributed by atoms with Gasteiger partial charge in [0.15, 0.2) is 0 Å². The van der Waals surface area contributed by atoms with Gasteiger partial charge in [0.2, 0.25) is 0 Å². The van der Waals surface area contributed by atoms with Gasteiger partial charge in [0.1, 0.15) is 0 Å². The van der Waals surface area contributed by atoms with E-state index in [-0.39, 0.29) is 0 Å². The Balaban J connectivity index is 1.62. The van der Waals surface area contributed by atoms with Gasteiger partial charge in [-0.25, -0.2) is 0 Å². The highest BCUT2D eigenvalue weighted by atomic mass is 15.1. The Bertz CT molecular complexity index is 542. The SMILES string of the molecule is CN1CCC(NCc2ccc3ccccc3c2)CC1. The molecule has 0 spiro atoms. The molecule has 1 fully saturated rings. The van der Waals surface area contributed by atoms with Crippen LogP contribution in [0.5, 0.6) is 0 Å². The fraction of sp³-hybridized carbons (Fsp3) is 0.412. The predicted octanol–water partition coefficient (Wildman–Crippen LogP) is 3.02. The van der Waals surface area contributed by atoms with Crippen molar-refractivity contribution in [3.05, 3.63) is 48.0 Å². The molecule has 2 heteroatoms. The normalized spacial score (nSPS) is 17.9. The minimum Gasteiger partial charge on any atom is -0.310 e. The number of rotatable bonds is 3. The molecule has 100 valence electrons. The quantitative estimate of drug-likeness (QED) is 0.905. The molecule has 0 atom stereocenters. The van der Waals surface area contributed by atoms with Crippen molar-refractivity contribution in [2.75, 3.05) is 20.1 Å². The average Bonchev–Trinajstić information content (AvgIpc) is 2.46. The number of fused-ring (bicyclic) bond motifs is 1. The molecular formula is C17H22N2. The molecule has 0 amide bonds. The highest BCUT2D eigenvalue weighted by molar-refractivity contribution is 5.82. The molecule has 0 bridgehead atoms. The van der Waals surface area contributed by atoms with Crippen LogP contribution in [0, 0.1) is 0 Å². The molecule has 0 radical (unpaired) electrons. The Labute approximate surface area is 115 Å². The molecule has 0 aliphatic carbocycles. The summed E-state index contributed by atoms with van der Waals surface area (Å²) in [4.78, 5) is 2.41. The number of hydrogen-bond donors (Lipinski definition) is 1. The summed E-state index contributed by atoms with van der Waals surface area (Å²) in [6.45, 7) is 3.42. The summed E-state index contributed by atoms with van der Waals surface area (Å²) >= 11 is 0. The van der Waals surface area contributed by atoms with Crippen LogP contribution >= 0.6 is 0 Å². The molecule has 3 rings (SSSR count). The Kier molecular flexibility index (Phi) is 3.81. The van der Waals surface area contributed by atoms with E-state index >= 15 is 0 Å². The first-order valence-corrected chi connectivity index (χ1v) is 7.21. The van der Waals surface area contributed by atoms with Crippen molar-refractivity contribution in [2.24, 2.45) is 0 Å². The van der Waals surface area contributed by atoms with Gasteiger partial charge in [0, 0.05) is 12.6 Å². The highest BCUT2D eigenvalue weighted by Crippen LogP contribution is 2.16. The monoisotopic (exact) mass is 254 g/mol. The van der Waals surface area contributed by atoms with E-state index in [2.05, 4.69) is 59.7 Å². The summed E-state index contributed by atoms with van der Waals surface area (Å²) in [6.07, 6.45) is 2.54. The first kappa shape index (κ1) is 12.6. The smallest absolute Gasteiger partial charge is 0.0208 e. The van der Waals surface area contributed by atoms with Crippen LogP contribution in [0.4, 0.5) is 0 Å². The van der Waals surface area contributed by atoms with Gasteiger partial charge < -0.3 is 10.2 Å². The van der Waals surface area contributed by atoms with E-state index in [1.807, 2.05) is 0 Å². The molecule has 2 aromatic rings. The lowest BCUT2D eigenvalue weighted by atomic mass is 10.0. The van der Waals surface area contributed by atoms with E-state index in [9.17, 15) is 0 Å². The molecule has 1 aliphatic rings. The molecular weight excluding hydrogens is 232 g/mol. The minimum absolute atomic E-state index is 0.683. The molecule has 1 saturated heterocycles. The molecule has 0 aromatic heterocycles. The largest absolute Gasteiger partial charge is 0.310 e. The van der Waals surface area contributed by atoms with E-state index in [1.165, 1.54) is 42.3 Å². The lowest BCUT2D eigenvalue weighted by Gasteiger charge is -2.29. The van der Waals surface area contributed by atoms with Crippen molar-refractivity contribution >= 4 is 10.8 Å². The molecule has 19 heavy (non-hydrogen) atoms. The Morgan fingerprint density at radius 2 is 1.79 bits per heavy atom. The zero-order chi connectivity index (χ0) is 13.1. The topological polar surface area (TPSA) is 15.3 Å². The predicted molar refractivity (Wildman–Crippen MR) is 81.3 cm³/mol. The Morgan fingerprint density at radius 1 is 1.05 bits per heavy atom. The third-order valence-corrected chi connectivity index (χ3v) is 4.13. The van der Waals surface area contributed by atoms with Gasteiger partial charge in [-0.1, -0.05) is 36.4 Å². The van der Waals surface area contributed by atoms with Crippen LogP contribution in [0.1, 0.15) is 18.4 Å². The van der Waals surface area contributed by atoms with Gasteiger partial charge in [0.25, 0.3) is 0 Å². The first-order chi connectivity index (χ1) is 9.31. The summed E-state index contributed by atoms with van der Waals surface area (Å²) in [7, 11) is 2.21. The Hall–Kier alpha value is -1.38. The number of hydrogen-bond acceptors (Lipinski definition) is 2. The highest BCUT2D eigenvalue weighted by Gasteiger charge is 2.15. The zero-order valence-electron chi connectivity index (χ0n) is 11.6. The van der Waals surface area contributed by atoms with Crippen molar-refractivity contribution in [2.45, 2.75) is 25.4 Å². The maximum absolute atomic E-state index is 3.70. The lowest BCUT2D eigenvalue weighted by Crippen LogP contribution is -2.40. The van der Waals surface area contributed by atoms with Gasteiger partial charge in [0.05, 0.1) is 0 Å². The average molecular weight is 254 g/mol. The third-order valence-electron chi connectivity index (χ3n) is 4.13. The summed E-state index contributed by atoms with van der Waals surface area (Å²) in [5.74, 6) is 0. The number of nitrogens with zero attached hydrogens (tertiary/aromatic N) is 1. The maximum atomic E-state index is 3.70. The second-order valence-corrected chi connectivity index (χ2v) is 5.64. The van der Waals surface area contributed by atoms with Crippen LogP contribution in [0.15, 0.2) is 42.5 Å². The molecule has 1 heterocycles. The fourth-order valence-corrected chi connectivity index (χ4v) is 2.82. The second kappa shape index (κ2) is 5.72. The van der Waals surface area contributed by atoms with Crippen LogP contribution in [0.3, 0.4) is 0 Å².